The normalized spacial score (nSPS) is 14.4. The molecule has 2 heterocycles. The second-order valence-electron chi connectivity index (χ2n) is 37.3. The Hall–Kier alpha value is -15.2. The molecule has 4 aliphatic rings. The highest BCUT2D eigenvalue weighted by Gasteiger charge is 2.48. The number of hydrogen-bond donors (Lipinski definition) is 0. The van der Waals surface area contributed by atoms with Crippen LogP contribution in [0.15, 0.2) is 261 Å². The summed E-state index contributed by atoms with van der Waals surface area (Å²) in [5.74, 6) is 3.95. The number of amides is 4. The molecule has 1 atom stereocenters. The molecule has 19 aromatic rings. The number of anilines is 2. The Kier molecular flexibility index (Phi) is 20.5. The molecule has 0 spiro atoms. The highest BCUT2D eigenvalue weighted by molar-refractivity contribution is 6.45. The molecule has 0 radical (unpaired) electrons. The first-order valence-electron chi connectivity index (χ1n) is 46.3. The van der Waals surface area contributed by atoms with Gasteiger partial charge in [-0.1, -0.05) is 200 Å². The van der Waals surface area contributed by atoms with Gasteiger partial charge in [0.1, 0.15) is 69.0 Å². The minimum absolute atomic E-state index is 0.0155. The maximum atomic E-state index is 16.1. The highest BCUT2D eigenvalue weighted by Crippen LogP contribution is 2.58. The van der Waals surface area contributed by atoms with Crippen molar-refractivity contribution in [3.05, 3.63) is 343 Å². The maximum Gasteiger partial charge on any atom is 0.266 e. The second kappa shape index (κ2) is 32.9. The van der Waals surface area contributed by atoms with Crippen LogP contribution in [0.2, 0.25) is 10.0 Å². The van der Waals surface area contributed by atoms with Crippen LogP contribution in [0.4, 0.5) is 11.4 Å². The van der Waals surface area contributed by atoms with Crippen LogP contribution in [0.1, 0.15) is 173 Å². The number of fused-ring (bicyclic) bond motifs is 10. The van der Waals surface area contributed by atoms with E-state index < -0.39 is 23.6 Å². The molecule has 16 heteroatoms. The number of rotatable bonds is 20. The average Bonchev–Trinajstić information content (AvgIpc) is 0.702. The number of carbonyl (C=O) groups is 4. The Morgan fingerprint density at radius 2 is 0.713 bits per heavy atom. The fourth-order valence-electron chi connectivity index (χ4n) is 21.9. The van der Waals surface area contributed by atoms with Crippen molar-refractivity contribution in [3.8, 4) is 85.5 Å². The molecule has 2 bridgehead atoms. The summed E-state index contributed by atoms with van der Waals surface area (Å²) < 4.78 is 51.4. The van der Waals surface area contributed by atoms with Crippen molar-refractivity contribution in [2.45, 2.75) is 104 Å². The number of imide groups is 2. The summed E-state index contributed by atoms with van der Waals surface area (Å²) in [5, 5.41) is 17.0. The molecule has 23 rings (SSSR count). The third-order valence-electron chi connectivity index (χ3n) is 28.2. The zero-order valence-electron chi connectivity index (χ0n) is 77.0. The smallest absolute Gasteiger partial charge is 0.266 e. The summed E-state index contributed by atoms with van der Waals surface area (Å²) in [5.41, 5.74) is 14.4. The van der Waals surface area contributed by atoms with E-state index in [2.05, 4.69) is 177 Å². The molecule has 0 fully saturated rings. The molecule has 0 saturated heterocycles. The fraction of sp³-hybridized carbons (Fsp3) is 0.167. The SMILES string of the molecule is COc1ccc(OC2=c3c4ccc(-c5cc6cc7c(cc6cc5Cl)CCc5cc(cc6cc(Cl)c(-c8ccc9c%10c(Oc%11ccc(OC)cc%11)cc%11c%12c(cc(Oc%13ccc(OC)cc%13)c(c%13cccc8c%139)c%12%10)C(=O)N(c8c(C(C)C)cccc8C(C)C)C%11=O)cc56)/C=C\7)c5cccc(c6c(Oc7ccc(OC)cc7)cc7c(c36)C(C2)C(=O)N(c2c(C(C)C)cccc2C(C)C)C7=O)c54)cc1. The van der Waals surface area contributed by atoms with Crippen molar-refractivity contribution in [3.63, 3.8) is 0 Å². The highest BCUT2D eigenvalue weighted by atomic mass is 35.5. The largest absolute Gasteiger partial charge is 0.497 e. The Morgan fingerprint density at radius 1 is 0.309 bits per heavy atom. The molecule has 14 nitrogen and oxygen atoms in total. The molecule has 1 unspecified atom stereocenters. The average molecular weight is 1820 g/mol. The lowest BCUT2D eigenvalue weighted by Crippen LogP contribution is -2.47. The molecule has 19 aromatic carbocycles. The van der Waals surface area contributed by atoms with Gasteiger partial charge in [-0.05, 0) is 314 Å². The van der Waals surface area contributed by atoms with Crippen molar-refractivity contribution in [1.82, 2.24) is 0 Å². The number of carbonyl (C=O) groups excluding carboxylic acids is 4. The number of halogens is 2. The van der Waals surface area contributed by atoms with Crippen LogP contribution < -0.4 is 52.9 Å². The zero-order valence-corrected chi connectivity index (χ0v) is 78.6. The molecule has 4 amide bonds. The van der Waals surface area contributed by atoms with Crippen molar-refractivity contribution in [2.24, 2.45) is 0 Å². The van der Waals surface area contributed by atoms with E-state index in [4.69, 9.17) is 61.1 Å². The molecule has 136 heavy (non-hydrogen) atoms. The molecule has 0 aromatic heterocycles. The van der Waals surface area contributed by atoms with E-state index in [9.17, 15) is 0 Å². The third-order valence-corrected chi connectivity index (χ3v) is 28.9. The van der Waals surface area contributed by atoms with Crippen molar-refractivity contribution < 1.29 is 57.1 Å². The first kappa shape index (κ1) is 85.0. The molecular formula is C120H92Cl2N2O12. The van der Waals surface area contributed by atoms with Crippen LogP contribution in [0.3, 0.4) is 0 Å². The number of methoxy groups -OCH3 is 4. The van der Waals surface area contributed by atoms with Gasteiger partial charge in [0.2, 0.25) is 5.91 Å². The monoisotopic (exact) mass is 1820 g/mol. The molecule has 668 valence electrons. The van der Waals surface area contributed by atoms with Crippen LogP contribution in [-0.2, 0) is 17.6 Å². The van der Waals surface area contributed by atoms with Gasteiger partial charge in [0.05, 0.1) is 56.9 Å². The predicted molar refractivity (Wildman–Crippen MR) is 550 cm³/mol. The lowest BCUT2D eigenvalue weighted by atomic mass is 9.75. The van der Waals surface area contributed by atoms with Gasteiger partial charge < -0.3 is 37.9 Å². The number of ether oxygens (including phenoxy) is 8. The van der Waals surface area contributed by atoms with Crippen LogP contribution in [0.25, 0.3) is 137 Å². The first-order chi connectivity index (χ1) is 66.0. The number of para-hydroxylation sites is 2. The lowest BCUT2D eigenvalue weighted by molar-refractivity contribution is -0.119. The molecule has 0 N–H and O–H groups in total. The van der Waals surface area contributed by atoms with E-state index in [0.717, 1.165) is 142 Å². The summed E-state index contributed by atoms with van der Waals surface area (Å²) in [6, 6.07) is 86.3. The van der Waals surface area contributed by atoms with Gasteiger partial charge in [-0.3, -0.25) is 19.2 Å². The van der Waals surface area contributed by atoms with E-state index >= 15 is 19.2 Å². The molecule has 0 saturated carbocycles. The Balaban J connectivity index is 0.650. The number of benzene rings is 19. The van der Waals surface area contributed by atoms with Gasteiger partial charge in [-0.2, -0.15) is 0 Å². The Bertz CT molecular complexity index is 8310. The van der Waals surface area contributed by atoms with Crippen LogP contribution >= 0.6 is 23.2 Å². The molecule has 2 aliphatic heterocycles. The minimum atomic E-state index is -0.833. The quantitative estimate of drug-likeness (QED) is 0.0406. The third kappa shape index (κ3) is 13.5. The van der Waals surface area contributed by atoms with Crippen molar-refractivity contribution in [1.29, 1.82) is 0 Å². The maximum absolute atomic E-state index is 16.1. The van der Waals surface area contributed by atoms with E-state index in [-0.39, 0.29) is 36.0 Å². The van der Waals surface area contributed by atoms with Crippen molar-refractivity contribution >= 4 is 173 Å². The summed E-state index contributed by atoms with van der Waals surface area (Å²) in [7, 11) is 6.51. The van der Waals surface area contributed by atoms with E-state index in [1.165, 1.54) is 9.80 Å². The topological polar surface area (TPSA) is 149 Å². The summed E-state index contributed by atoms with van der Waals surface area (Å²) >= 11 is 15.6. The predicted octanol–water partition coefficient (Wildman–Crippen LogP) is 30.7. The minimum Gasteiger partial charge on any atom is -0.497 e. The van der Waals surface area contributed by atoms with Crippen LogP contribution in [0.5, 0.6) is 63.2 Å². The number of aryl methyl sites for hydroxylation is 2. The number of hydrogen-bond acceptors (Lipinski definition) is 12. The van der Waals surface area contributed by atoms with Gasteiger partial charge in [0.25, 0.3) is 17.7 Å². The lowest BCUT2D eigenvalue weighted by Gasteiger charge is -2.38. The summed E-state index contributed by atoms with van der Waals surface area (Å²) in [4.78, 5) is 67.2. The van der Waals surface area contributed by atoms with Gasteiger partial charge in [-0.15, -0.1) is 0 Å². The van der Waals surface area contributed by atoms with Crippen molar-refractivity contribution in [2.75, 3.05) is 38.2 Å². The van der Waals surface area contributed by atoms with Crippen LogP contribution in [0, 0.1) is 0 Å². The Morgan fingerprint density at radius 3 is 1.21 bits per heavy atom. The summed E-state index contributed by atoms with van der Waals surface area (Å²) in [6.07, 6.45) is 5.98. The second-order valence-corrected chi connectivity index (χ2v) is 38.1. The molecule has 2 aliphatic carbocycles. The van der Waals surface area contributed by atoms with Gasteiger partial charge in [0.15, 0.2) is 0 Å². The fourth-order valence-corrected chi connectivity index (χ4v) is 22.4. The van der Waals surface area contributed by atoms with Crippen LogP contribution in [-0.4, -0.2) is 52.1 Å². The first-order valence-corrected chi connectivity index (χ1v) is 47.0. The Labute approximate surface area is 795 Å². The van der Waals surface area contributed by atoms with Gasteiger partial charge in [0, 0.05) is 70.7 Å². The summed E-state index contributed by atoms with van der Waals surface area (Å²) in [6.45, 7) is 16.7. The van der Waals surface area contributed by atoms with E-state index in [0.29, 0.717) is 152 Å². The zero-order chi connectivity index (χ0) is 93.4. The van der Waals surface area contributed by atoms with Gasteiger partial charge >= 0.3 is 0 Å². The standard InChI is InChI=1S/C120H92Cl2N2O12/c1-61(2)80-17-13-18-81(62(3)4)115(80)123-117(125)95-57-101(133-76-37-29-72(129-9)30-38-76)109-88-23-15-21-86-84(45-47-90(105(86)88)111-103(59-97(119(123)127)107(95)113(109)111)135-78-41-33-74(131-11)34-42-78)93-53-69-51-66-26-25-65-49-68(28-27-67(66)52-70(69)54-99(93)121)92-56-94(100(122)55-71(92)50-65)85-46-48-91-106-87(85)22-16-24-89(106)110-102(134-77-39-31-73(130-10)32-40-77)58-96-108-98(60-104(112(91)114(108)110)136-79-43-35-75(132-12)36-44-79)120(128)124(118(96)126)116-82(63(5)6)19-14-20-83(116)64(7)8/h13-26,29-58,60-64,97H,27-28,59H2,1-12H3/b26-25-. The number of nitrogens with zero attached hydrogens (tertiary/aromatic N) is 2. The molecular weight excluding hydrogens is 1730 g/mol. The van der Waals surface area contributed by atoms with E-state index in [1.807, 2.05) is 152 Å². The van der Waals surface area contributed by atoms with E-state index in [1.54, 1.807) is 28.4 Å². The van der Waals surface area contributed by atoms with Gasteiger partial charge in [-0.25, -0.2) is 9.80 Å².